The van der Waals surface area contributed by atoms with Crippen LogP contribution in [0, 0.1) is 0 Å². The Morgan fingerprint density at radius 3 is 1.89 bits per heavy atom. The average molecular weight is 293 g/mol. The lowest BCUT2D eigenvalue weighted by molar-refractivity contribution is 0.175. The van der Waals surface area contributed by atoms with Crippen LogP contribution in [0.2, 0.25) is 10.0 Å². The number of aliphatic hydroxyl groups is 1. The molecule has 0 aromatic heterocycles. The molecule has 1 atom stereocenters. The molecule has 0 saturated carbocycles. The van der Waals surface area contributed by atoms with Gasteiger partial charge in [-0.1, -0.05) is 35.3 Å². The van der Waals surface area contributed by atoms with Crippen LogP contribution >= 0.6 is 23.2 Å². The van der Waals surface area contributed by atoms with Crippen molar-refractivity contribution in [2.75, 3.05) is 0 Å². The maximum absolute atomic E-state index is 10.1. The zero-order valence-electron chi connectivity index (χ0n) is 10.5. The highest BCUT2D eigenvalue weighted by molar-refractivity contribution is 6.31. The van der Waals surface area contributed by atoms with Crippen LogP contribution in [0.15, 0.2) is 36.4 Å². The Morgan fingerprint density at radius 2 is 1.47 bits per heavy atom. The molecule has 0 fully saturated rings. The van der Waals surface area contributed by atoms with E-state index in [1.165, 1.54) is 11.1 Å². The highest BCUT2D eigenvalue weighted by Crippen LogP contribution is 2.40. The van der Waals surface area contributed by atoms with Crippen LogP contribution in [0.4, 0.5) is 0 Å². The molecule has 3 rings (SSSR count). The van der Waals surface area contributed by atoms with E-state index in [1.54, 1.807) is 0 Å². The summed E-state index contributed by atoms with van der Waals surface area (Å²) in [5.74, 6) is -0.00622. The van der Waals surface area contributed by atoms with Crippen molar-refractivity contribution in [1.29, 1.82) is 0 Å². The first-order valence-corrected chi connectivity index (χ1v) is 7.06. The molecule has 2 aromatic rings. The number of hydrogen-bond acceptors (Lipinski definition) is 1. The van der Waals surface area contributed by atoms with Gasteiger partial charge in [0.15, 0.2) is 0 Å². The molecular weight excluding hydrogens is 279 g/mol. The van der Waals surface area contributed by atoms with Crippen LogP contribution in [0.3, 0.4) is 0 Å². The molecule has 98 valence electrons. The number of benzene rings is 2. The van der Waals surface area contributed by atoms with Gasteiger partial charge in [-0.05, 0) is 59.9 Å². The maximum atomic E-state index is 10.1. The van der Waals surface area contributed by atoms with Gasteiger partial charge in [-0.25, -0.2) is 0 Å². The average Bonchev–Trinajstić information content (AvgIpc) is 2.35. The van der Waals surface area contributed by atoms with E-state index in [0.29, 0.717) is 0 Å². The van der Waals surface area contributed by atoms with Gasteiger partial charge in [0, 0.05) is 16.0 Å². The highest BCUT2D eigenvalue weighted by Gasteiger charge is 2.28. The van der Waals surface area contributed by atoms with Gasteiger partial charge in [-0.2, -0.15) is 0 Å². The lowest BCUT2D eigenvalue weighted by atomic mass is 9.76. The molecule has 1 aliphatic rings. The first kappa shape index (κ1) is 13.0. The minimum Gasteiger partial charge on any atom is -0.392 e. The third-order valence-corrected chi connectivity index (χ3v) is 4.21. The molecule has 0 saturated heterocycles. The summed E-state index contributed by atoms with van der Waals surface area (Å²) in [7, 11) is 0. The number of fused-ring (bicyclic) bond motifs is 2. The number of aliphatic hydroxyl groups excluding tert-OH is 1. The Balaban J connectivity index is 2.20. The molecule has 3 heteroatoms. The van der Waals surface area contributed by atoms with Crippen molar-refractivity contribution in [1.82, 2.24) is 0 Å². The van der Waals surface area contributed by atoms with E-state index in [-0.39, 0.29) is 5.92 Å². The van der Waals surface area contributed by atoms with E-state index in [9.17, 15) is 5.11 Å². The molecule has 0 spiro atoms. The maximum Gasteiger partial charge on any atom is 0.0621 e. The molecule has 1 N–H and O–H groups in total. The highest BCUT2D eigenvalue weighted by atomic mass is 35.5. The summed E-state index contributed by atoms with van der Waals surface area (Å²) in [6, 6.07) is 11.8. The summed E-state index contributed by atoms with van der Waals surface area (Å²) in [6.45, 7) is 1.83. The molecule has 1 aliphatic carbocycles. The largest absolute Gasteiger partial charge is 0.392 e. The normalized spacial score (nSPS) is 15.8. The summed E-state index contributed by atoms with van der Waals surface area (Å²) >= 11 is 12.1. The van der Waals surface area contributed by atoms with Crippen molar-refractivity contribution < 1.29 is 5.11 Å². The first-order chi connectivity index (χ1) is 9.06. The van der Waals surface area contributed by atoms with Gasteiger partial charge in [0.05, 0.1) is 6.10 Å². The summed E-state index contributed by atoms with van der Waals surface area (Å²) < 4.78 is 0. The lowest BCUT2D eigenvalue weighted by Gasteiger charge is -2.30. The van der Waals surface area contributed by atoms with Gasteiger partial charge in [-0.3, -0.25) is 0 Å². The van der Waals surface area contributed by atoms with Crippen LogP contribution in [-0.2, 0) is 6.42 Å². The standard InChI is InChI=1S/C16H14Cl2O/c1-9(19)16-14-4-2-12(17)7-10(14)6-11-8-13(18)3-5-15(11)16/h2-5,7-9,16,19H,6H2,1H3. The van der Waals surface area contributed by atoms with Gasteiger partial charge >= 0.3 is 0 Å². The number of halogens is 2. The molecule has 1 unspecified atom stereocenters. The van der Waals surface area contributed by atoms with E-state index in [0.717, 1.165) is 27.6 Å². The lowest BCUT2D eigenvalue weighted by Crippen LogP contribution is -2.22. The topological polar surface area (TPSA) is 20.2 Å². The zero-order valence-corrected chi connectivity index (χ0v) is 12.0. The minimum atomic E-state index is -0.444. The van der Waals surface area contributed by atoms with Gasteiger partial charge in [0.1, 0.15) is 0 Å². The number of rotatable bonds is 1. The summed E-state index contributed by atoms with van der Waals surface area (Å²) in [6.07, 6.45) is 0.370. The summed E-state index contributed by atoms with van der Waals surface area (Å²) in [5.41, 5.74) is 4.67. The Bertz CT molecular complexity index is 583. The fraction of sp³-hybridized carbons (Fsp3) is 0.250. The molecule has 0 radical (unpaired) electrons. The quantitative estimate of drug-likeness (QED) is 0.825. The number of hydrogen-bond donors (Lipinski definition) is 1. The molecule has 0 aliphatic heterocycles. The van der Waals surface area contributed by atoms with Gasteiger partial charge in [0.2, 0.25) is 0 Å². The Kier molecular flexibility index (Phi) is 3.30. The molecule has 19 heavy (non-hydrogen) atoms. The second-order valence-electron chi connectivity index (χ2n) is 5.08. The molecule has 0 bridgehead atoms. The van der Waals surface area contributed by atoms with Crippen LogP contribution in [0.5, 0.6) is 0 Å². The van der Waals surface area contributed by atoms with Crippen LogP contribution in [0.25, 0.3) is 0 Å². The van der Waals surface area contributed by atoms with Gasteiger partial charge in [0.25, 0.3) is 0 Å². The smallest absolute Gasteiger partial charge is 0.0621 e. The molecule has 2 aromatic carbocycles. The predicted octanol–water partition coefficient (Wildman–Crippen LogP) is 4.41. The van der Waals surface area contributed by atoms with Crippen molar-refractivity contribution in [2.24, 2.45) is 0 Å². The van der Waals surface area contributed by atoms with Crippen LogP contribution < -0.4 is 0 Å². The van der Waals surface area contributed by atoms with Crippen molar-refractivity contribution >= 4 is 23.2 Å². The zero-order chi connectivity index (χ0) is 13.6. The fourth-order valence-electron chi connectivity index (χ4n) is 2.95. The SMILES string of the molecule is CC(O)C1c2ccc(Cl)cc2Cc2cc(Cl)ccc21. The Labute approximate surface area is 122 Å². The summed E-state index contributed by atoms with van der Waals surface area (Å²) in [4.78, 5) is 0. The second-order valence-corrected chi connectivity index (χ2v) is 5.95. The third kappa shape index (κ3) is 2.27. The predicted molar refractivity (Wildman–Crippen MR) is 79.2 cm³/mol. The van der Waals surface area contributed by atoms with E-state index in [2.05, 4.69) is 0 Å². The van der Waals surface area contributed by atoms with Gasteiger partial charge in [-0.15, -0.1) is 0 Å². The van der Waals surface area contributed by atoms with Gasteiger partial charge < -0.3 is 5.11 Å². The molecule has 0 amide bonds. The van der Waals surface area contributed by atoms with Crippen molar-refractivity contribution in [3.63, 3.8) is 0 Å². The Morgan fingerprint density at radius 1 is 1.00 bits per heavy atom. The van der Waals surface area contributed by atoms with E-state index < -0.39 is 6.10 Å². The third-order valence-electron chi connectivity index (χ3n) is 3.74. The summed E-state index contributed by atoms with van der Waals surface area (Å²) in [5, 5.41) is 11.6. The molecular formula is C16H14Cl2O. The van der Waals surface area contributed by atoms with Crippen molar-refractivity contribution in [2.45, 2.75) is 25.4 Å². The fourth-order valence-corrected chi connectivity index (χ4v) is 3.34. The van der Waals surface area contributed by atoms with E-state index in [1.807, 2.05) is 43.3 Å². The first-order valence-electron chi connectivity index (χ1n) is 6.31. The molecule has 1 nitrogen and oxygen atoms in total. The van der Waals surface area contributed by atoms with Crippen molar-refractivity contribution in [3.8, 4) is 0 Å². The second kappa shape index (κ2) is 4.82. The van der Waals surface area contributed by atoms with Crippen LogP contribution in [-0.4, -0.2) is 11.2 Å². The Hall–Kier alpha value is -1.02. The van der Waals surface area contributed by atoms with E-state index in [4.69, 9.17) is 23.2 Å². The minimum absolute atomic E-state index is 0.00622. The molecule has 0 heterocycles. The van der Waals surface area contributed by atoms with Crippen molar-refractivity contribution in [3.05, 3.63) is 68.7 Å². The van der Waals surface area contributed by atoms with E-state index >= 15 is 0 Å². The monoisotopic (exact) mass is 292 g/mol. The van der Waals surface area contributed by atoms with Crippen LogP contribution in [0.1, 0.15) is 35.1 Å².